The third-order valence-corrected chi connectivity index (χ3v) is 2.75. The number of aliphatic hydroxyl groups excluding tert-OH is 1. The lowest BCUT2D eigenvalue weighted by atomic mass is 9.91. The van der Waals surface area contributed by atoms with Gasteiger partial charge in [0, 0.05) is 5.92 Å². The van der Waals surface area contributed by atoms with Gasteiger partial charge in [0.1, 0.15) is 5.75 Å². The molecule has 2 atom stereocenters. The quantitative estimate of drug-likeness (QED) is 0.746. The highest BCUT2D eigenvalue weighted by molar-refractivity contribution is 5.31. The fourth-order valence-corrected chi connectivity index (χ4v) is 1.82. The summed E-state index contributed by atoms with van der Waals surface area (Å²) >= 11 is 0. The fraction of sp³-hybridized carbons (Fsp3) is 0.429. The first kappa shape index (κ1) is 12.8. The smallest absolute Gasteiger partial charge is 0.118 e. The molecule has 1 aromatic rings. The second-order valence-corrected chi connectivity index (χ2v) is 3.89. The first-order chi connectivity index (χ1) is 7.72. The Labute approximate surface area is 97.6 Å². The van der Waals surface area contributed by atoms with E-state index in [0.29, 0.717) is 0 Å². The molecule has 0 spiro atoms. The Morgan fingerprint density at radius 3 is 2.44 bits per heavy atom. The van der Waals surface area contributed by atoms with Gasteiger partial charge >= 0.3 is 0 Å². The molecule has 0 saturated carbocycles. The molecule has 0 aliphatic rings. The molecule has 0 fully saturated rings. The summed E-state index contributed by atoms with van der Waals surface area (Å²) in [5.74, 6) is 0.836. The van der Waals surface area contributed by atoms with Crippen LogP contribution in [0.15, 0.2) is 36.9 Å². The van der Waals surface area contributed by atoms with Crippen LogP contribution in [-0.2, 0) is 0 Å². The van der Waals surface area contributed by atoms with Gasteiger partial charge in [-0.1, -0.05) is 31.6 Å². The van der Waals surface area contributed by atoms with Crippen LogP contribution in [0.3, 0.4) is 0 Å². The van der Waals surface area contributed by atoms with Crippen LogP contribution >= 0.6 is 0 Å². The van der Waals surface area contributed by atoms with Crippen molar-refractivity contribution in [3.05, 3.63) is 42.5 Å². The van der Waals surface area contributed by atoms with Gasteiger partial charge in [-0.15, -0.1) is 6.58 Å². The maximum absolute atomic E-state index is 9.99. The number of methoxy groups -OCH3 is 1. The fourth-order valence-electron chi connectivity index (χ4n) is 1.82. The molecule has 0 heterocycles. The molecular weight excluding hydrogens is 200 g/mol. The number of ether oxygens (including phenoxy) is 1. The van der Waals surface area contributed by atoms with Crippen molar-refractivity contribution in [2.75, 3.05) is 7.11 Å². The van der Waals surface area contributed by atoms with E-state index in [4.69, 9.17) is 4.74 Å². The number of rotatable bonds is 6. The number of hydrogen-bond donors (Lipinski definition) is 1. The van der Waals surface area contributed by atoms with Gasteiger partial charge in [-0.05, 0) is 24.1 Å². The zero-order chi connectivity index (χ0) is 12.0. The topological polar surface area (TPSA) is 29.5 Å². The summed E-state index contributed by atoms with van der Waals surface area (Å²) in [6.07, 6.45) is 3.22. The zero-order valence-corrected chi connectivity index (χ0v) is 10.0. The summed E-state index contributed by atoms with van der Waals surface area (Å²) in [7, 11) is 1.64. The Balaban J connectivity index is 2.82. The van der Waals surface area contributed by atoms with Crippen molar-refractivity contribution in [1.82, 2.24) is 0 Å². The van der Waals surface area contributed by atoms with Gasteiger partial charge in [0.25, 0.3) is 0 Å². The van der Waals surface area contributed by atoms with Crippen molar-refractivity contribution in [3.63, 3.8) is 0 Å². The highest BCUT2D eigenvalue weighted by Crippen LogP contribution is 2.25. The van der Waals surface area contributed by atoms with Crippen LogP contribution in [0.4, 0.5) is 0 Å². The van der Waals surface area contributed by atoms with Crippen LogP contribution in [0, 0.1) is 0 Å². The second-order valence-electron chi connectivity index (χ2n) is 3.89. The summed E-state index contributed by atoms with van der Waals surface area (Å²) in [6, 6.07) is 7.77. The lowest BCUT2D eigenvalue weighted by Crippen LogP contribution is -2.16. The molecule has 1 rings (SSSR count). The van der Waals surface area contributed by atoms with Crippen molar-refractivity contribution in [3.8, 4) is 5.75 Å². The van der Waals surface area contributed by atoms with E-state index in [1.54, 1.807) is 7.11 Å². The minimum atomic E-state index is -0.351. The molecule has 1 aromatic carbocycles. The molecule has 1 N–H and O–H groups in total. The van der Waals surface area contributed by atoms with Crippen molar-refractivity contribution in [2.45, 2.75) is 31.8 Å². The van der Waals surface area contributed by atoms with Gasteiger partial charge in [0.05, 0.1) is 13.2 Å². The molecule has 88 valence electrons. The molecule has 0 aliphatic heterocycles. The van der Waals surface area contributed by atoms with Crippen LogP contribution in [0.2, 0.25) is 0 Å². The minimum Gasteiger partial charge on any atom is -0.497 e. The molecule has 0 unspecified atom stereocenters. The largest absolute Gasteiger partial charge is 0.497 e. The maximum atomic E-state index is 9.99. The molecule has 0 bridgehead atoms. The molecule has 2 heteroatoms. The maximum Gasteiger partial charge on any atom is 0.118 e. The van der Waals surface area contributed by atoms with Crippen molar-refractivity contribution >= 4 is 0 Å². The van der Waals surface area contributed by atoms with E-state index >= 15 is 0 Å². The third-order valence-electron chi connectivity index (χ3n) is 2.75. The summed E-state index contributed by atoms with van der Waals surface area (Å²) in [6.45, 7) is 5.86. The van der Waals surface area contributed by atoms with Crippen molar-refractivity contribution in [2.24, 2.45) is 0 Å². The molecule has 0 aromatic heterocycles. The van der Waals surface area contributed by atoms with Gasteiger partial charge in [0.2, 0.25) is 0 Å². The predicted octanol–water partition coefficient (Wildman–Crippen LogP) is 3.13. The van der Waals surface area contributed by atoms with Crippen molar-refractivity contribution in [1.29, 1.82) is 0 Å². The number of aliphatic hydroxyl groups is 1. The number of benzene rings is 1. The van der Waals surface area contributed by atoms with Gasteiger partial charge in [-0.3, -0.25) is 0 Å². The van der Waals surface area contributed by atoms with E-state index in [9.17, 15) is 5.11 Å². The summed E-state index contributed by atoms with van der Waals surface area (Å²) in [5, 5.41) is 9.99. The highest BCUT2D eigenvalue weighted by atomic mass is 16.5. The highest BCUT2D eigenvalue weighted by Gasteiger charge is 2.16. The Hall–Kier alpha value is -1.28. The van der Waals surface area contributed by atoms with Crippen LogP contribution < -0.4 is 4.74 Å². The molecule has 0 saturated heterocycles. The van der Waals surface area contributed by atoms with Gasteiger partial charge in [-0.25, -0.2) is 0 Å². The van der Waals surface area contributed by atoms with E-state index in [0.717, 1.165) is 24.2 Å². The zero-order valence-electron chi connectivity index (χ0n) is 10.0. The monoisotopic (exact) mass is 220 g/mol. The Morgan fingerprint density at radius 1 is 1.38 bits per heavy atom. The van der Waals surface area contributed by atoms with Gasteiger partial charge in [-0.2, -0.15) is 0 Å². The van der Waals surface area contributed by atoms with Crippen LogP contribution in [0.5, 0.6) is 5.75 Å². The van der Waals surface area contributed by atoms with E-state index < -0.39 is 0 Å². The summed E-state index contributed by atoms with van der Waals surface area (Å²) < 4.78 is 5.10. The minimum absolute atomic E-state index is 0.00542. The van der Waals surface area contributed by atoms with E-state index in [1.807, 2.05) is 30.3 Å². The first-order valence-corrected chi connectivity index (χ1v) is 5.67. The standard InChI is InChI=1S/C14H20O2/c1-4-6-14(15)13(5-2)11-7-9-12(16-3)10-8-11/h5,7-10,13-15H,2,4,6H2,1,3H3/t13-,14-/m0/s1. The normalized spacial score (nSPS) is 14.2. The summed E-state index contributed by atoms with van der Waals surface area (Å²) in [5.41, 5.74) is 1.08. The van der Waals surface area contributed by atoms with Crippen molar-refractivity contribution < 1.29 is 9.84 Å². The SMILES string of the molecule is C=C[C@@H](c1ccc(OC)cc1)[C@@H](O)CCC. The van der Waals surface area contributed by atoms with Crippen LogP contribution in [-0.4, -0.2) is 18.3 Å². The van der Waals surface area contributed by atoms with E-state index in [2.05, 4.69) is 13.5 Å². The lowest BCUT2D eigenvalue weighted by Gasteiger charge is -2.19. The number of hydrogen-bond acceptors (Lipinski definition) is 2. The van der Waals surface area contributed by atoms with Gasteiger partial charge in [0.15, 0.2) is 0 Å². The molecule has 2 nitrogen and oxygen atoms in total. The van der Waals surface area contributed by atoms with E-state index in [-0.39, 0.29) is 12.0 Å². The van der Waals surface area contributed by atoms with Gasteiger partial charge < -0.3 is 9.84 Å². The van der Waals surface area contributed by atoms with Crippen LogP contribution in [0.1, 0.15) is 31.2 Å². The molecule has 0 aliphatic carbocycles. The molecule has 0 amide bonds. The summed E-state index contributed by atoms with van der Waals surface area (Å²) in [4.78, 5) is 0. The average molecular weight is 220 g/mol. The lowest BCUT2D eigenvalue weighted by molar-refractivity contribution is 0.148. The molecule has 16 heavy (non-hydrogen) atoms. The van der Waals surface area contributed by atoms with Crippen LogP contribution in [0.25, 0.3) is 0 Å². The molecule has 0 radical (unpaired) electrons. The predicted molar refractivity (Wildman–Crippen MR) is 66.8 cm³/mol. The Bertz CT molecular complexity index is 316. The average Bonchev–Trinajstić information content (AvgIpc) is 2.31. The Kier molecular flexibility index (Phi) is 5.06. The Morgan fingerprint density at radius 2 is 2.00 bits per heavy atom. The first-order valence-electron chi connectivity index (χ1n) is 5.67. The molecular formula is C14H20O2. The second kappa shape index (κ2) is 6.33. The third kappa shape index (κ3) is 3.11. The van der Waals surface area contributed by atoms with E-state index in [1.165, 1.54) is 0 Å².